The highest BCUT2D eigenvalue weighted by atomic mass is 16.6. The molecule has 1 heterocycles. The largest absolute Gasteiger partial charge is 0.441 e. The van der Waals surface area contributed by atoms with Crippen LogP contribution in [0.5, 0.6) is 0 Å². The van der Waals surface area contributed by atoms with Gasteiger partial charge in [0.2, 0.25) is 0 Å². The minimum atomic E-state index is -0.276. The molecule has 0 aliphatic carbocycles. The van der Waals surface area contributed by atoms with E-state index in [0.29, 0.717) is 6.54 Å². The van der Waals surface area contributed by atoms with Crippen LogP contribution >= 0.6 is 0 Å². The fourth-order valence-corrected chi connectivity index (χ4v) is 1.73. The van der Waals surface area contributed by atoms with E-state index in [1.165, 1.54) is 5.56 Å². The van der Waals surface area contributed by atoms with Crippen LogP contribution in [-0.2, 0) is 14.9 Å². The molecule has 3 heteroatoms. The average molecular weight is 219 g/mol. The first-order chi connectivity index (χ1) is 7.47. The molecule has 1 N–H and O–H groups in total. The zero-order valence-corrected chi connectivity index (χ0v) is 9.91. The van der Waals surface area contributed by atoms with Gasteiger partial charge in [0.25, 0.3) is 0 Å². The summed E-state index contributed by atoms with van der Waals surface area (Å²) in [5.41, 5.74) is 2.43. The smallest absolute Gasteiger partial charge is 0.321 e. The van der Waals surface area contributed by atoms with E-state index in [0.717, 1.165) is 5.56 Å². The second kappa shape index (κ2) is 3.91. The molecular formula is C13H17NO2. The van der Waals surface area contributed by atoms with Gasteiger partial charge in [-0.25, -0.2) is 0 Å². The lowest BCUT2D eigenvalue weighted by molar-refractivity contribution is -0.140. The zero-order chi connectivity index (χ0) is 11.8. The number of esters is 1. The molecule has 1 aromatic carbocycles. The molecule has 1 aromatic rings. The van der Waals surface area contributed by atoms with Crippen LogP contribution in [0.1, 0.15) is 38.1 Å². The maximum absolute atomic E-state index is 11.0. The molecular weight excluding hydrogens is 202 g/mol. The summed E-state index contributed by atoms with van der Waals surface area (Å²) in [6, 6.07) is 8.19. The highest BCUT2D eigenvalue weighted by Crippen LogP contribution is 2.25. The van der Waals surface area contributed by atoms with E-state index in [1.807, 2.05) is 12.1 Å². The molecule has 0 bridgehead atoms. The topological polar surface area (TPSA) is 38.3 Å². The number of rotatable bonds is 1. The average Bonchev–Trinajstić information content (AvgIpc) is 2.64. The van der Waals surface area contributed by atoms with Crippen LogP contribution in [0.2, 0.25) is 0 Å². The van der Waals surface area contributed by atoms with Crippen molar-refractivity contribution in [3.05, 3.63) is 35.4 Å². The maximum Gasteiger partial charge on any atom is 0.321 e. The first-order valence-corrected chi connectivity index (χ1v) is 5.50. The summed E-state index contributed by atoms with van der Waals surface area (Å²) < 4.78 is 5.12. The van der Waals surface area contributed by atoms with Gasteiger partial charge in [0.15, 0.2) is 6.23 Å². The number of carbonyl (C=O) groups excluding carboxylic acids is 1. The van der Waals surface area contributed by atoms with Crippen molar-refractivity contribution in [2.75, 3.05) is 6.54 Å². The third-order valence-corrected chi connectivity index (χ3v) is 2.76. The highest BCUT2D eigenvalue weighted by molar-refractivity contribution is 5.73. The van der Waals surface area contributed by atoms with Gasteiger partial charge in [0.05, 0.1) is 6.54 Å². The Morgan fingerprint density at radius 1 is 1.25 bits per heavy atom. The van der Waals surface area contributed by atoms with Gasteiger partial charge < -0.3 is 4.74 Å². The van der Waals surface area contributed by atoms with Gasteiger partial charge in [-0.2, -0.15) is 0 Å². The van der Waals surface area contributed by atoms with Gasteiger partial charge in [0, 0.05) is 5.56 Å². The third kappa shape index (κ3) is 2.25. The fourth-order valence-electron chi connectivity index (χ4n) is 1.73. The lowest BCUT2D eigenvalue weighted by Crippen LogP contribution is -2.15. The first-order valence-electron chi connectivity index (χ1n) is 5.50. The van der Waals surface area contributed by atoms with Crippen molar-refractivity contribution in [2.24, 2.45) is 0 Å². The van der Waals surface area contributed by atoms with Crippen LogP contribution in [0, 0.1) is 0 Å². The van der Waals surface area contributed by atoms with E-state index < -0.39 is 0 Å². The molecule has 1 fully saturated rings. The van der Waals surface area contributed by atoms with Gasteiger partial charge in [-0.05, 0) is 11.0 Å². The van der Waals surface area contributed by atoms with Gasteiger partial charge in [-0.15, -0.1) is 0 Å². The normalized spacial score (nSPS) is 20.9. The second-order valence-electron chi connectivity index (χ2n) is 5.12. The number of nitrogens with one attached hydrogen (secondary N) is 1. The van der Waals surface area contributed by atoms with E-state index in [9.17, 15) is 4.79 Å². The Morgan fingerprint density at radius 3 is 2.31 bits per heavy atom. The first kappa shape index (κ1) is 11.1. The number of ether oxygens (including phenoxy) is 1. The molecule has 1 aliphatic heterocycles. The second-order valence-corrected chi connectivity index (χ2v) is 5.12. The summed E-state index contributed by atoms with van der Waals surface area (Å²) in [6.07, 6.45) is -0.276. The van der Waals surface area contributed by atoms with Crippen LogP contribution in [0.15, 0.2) is 24.3 Å². The van der Waals surface area contributed by atoms with E-state index in [1.54, 1.807) is 0 Å². The van der Waals surface area contributed by atoms with Gasteiger partial charge in [-0.3, -0.25) is 10.1 Å². The fraction of sp³-hybridized carbons (Fsp3) is 0.462. The molecule has 2 rings (SSSR count). The minimum absolute atomic E-state index is 0.151. The standard InChI is InChI=1S/C13H17NO2/c1-13(2,3)10-6-4-9(5-7-10)12-14-8-11(15)16-12/h4-7,12,14H,8H2,1-3H3. The SMILES string of the molecule is CC(C)(C)c1ccc(C2NCC(=O)O2)cc1. The maximum atomic E-state index is 11.0. The summed E-state index contributed by atoms with van der Waals surface area (Å²) in [5, 5.41) is 3.01. The predicted molar refractivity (Wildman–Crippen MR) is 62.0 cm³/mol. The molecule has 0 spiro atoms. The Labute approximate surface area is 95.8 Å². The van der Waals surface area contributed by atoms with Crippen LogP contribution < -0.4 is 5.32 Å². The minimum Gasteiger partial charge on any atom is -0.441 e. The van der Waals surface area contributed by atoms with Crippen molar-refractivity contribution < 1.29 is 9.53 Å². The van der Waals surface area contributed by atoms with Crippen LogP contribution in [-0.4, -0.2) is 12.5 Å². The molecule has 0 saturated carbocycles. The highest BCUT2D eigenvalue weighted by Gasteiger charge is 2.24. The molecule has 3 nitrogen and oxygen atoms in total. The van der Waals surface area contributed by atoms with Crippen LogP contribution in [0.4, 0.5) is 0 Å². The Morgan fingerprint density at radius 2 is 1.88 bits per heavy atom. The lowest BCUT2D eigenvalue weighted by atomic mass is 9.86. The number of carbonyl (C=O) groups is 1. The number of cyclic esters (lactones) is 1. The molecule has 1 saturated heterocycles. The lowest BCUT2D eigenvalue weighted by Gasteiger charge is -2.19. The number of hydrogen-bond acceptors (Lipinski definition) is 3. The summed E-state index contributed by atoms with van der Waals surface area (Å²) in [5.74, 6) is -0.190. The molecule has 0 aromatic heterocycles. The molecule has 1 unspecified atom stereocenters. The third-order valence-electron chi connectivity index (χ3n) is 2.76. The Hall–Kier alpha value is -1.35. The molecule has 86 valence electrons. The van der Waals surface area contributed by atoms with Crippen molar-refractivity contribution in [3.8, 4) is 0 Å². The van der Waals surface area contributed by atoms with Crippen molar-refractivity contribution >= 4 is 5.97 Å². The zero-order valence-electron chi connectivity index (χ0n) is 9.91. The van der Waals surface area contributed by atoms with E-state index in [-0.39, 0.29) is 17.6 Å². The molecule has 1 atom stereocenters. The molecule has 0 radical (unpaired) electrons. The number of hydrogen-bond donors (Lipinski definition) is 1. The molecule has 0 amide bonds. The Bertz CT molecular complexity index is 389. The summed E-state index contributed by atoms with van der Waals surface area (Å²) in [7, 11) is 0. The Balaban J connectivity index is 2.17. The molecule has 16 heavy (non-hydrogen) atoms. The van der Waals surface area contributed by atoms with E-state index in [4.69, 9.17) is 4.74 Å². The summed E-state index contributed by atoms with van der Waals surface area (Å²) in [4.78, 5) is 11.0. The van der Waals surface area contributed by atoms with Crippen molar-refractivity contribution in [1.82, 2.24) is 5.32 Å². The van der Waals surface area contributed by atoms with Crippen LogP contribution in [0.25, 0.3) is 0 Å². The quantitative estimate of drug-likeness (QED) is 0.735. The predicted octanol–water partition coefficient (Wildman–Crippen LogP) is 2.13. The number of benzene rings is 1. The summed E-state index contributed by atoms with van der Waals surface area (Å²) >= 11 is 0. The van der Waals surface area contributed by atoms with Gasteiger partial charge >= 0.3 is 5.97 Å². The van der Waals surface area contributed by atoms with Gasteiger partial charge in [-0.1, -0.05) is 45.0 Å². The van der Waals surface area contributed by atoms with E-state index in [2.05, 4.69) is 38.2 Å². The van der Waals surface area contributed by atoms with E-state index >= 15 is 0 Å². The monoisotopic (exact) mass is 219 g/mol. The van der Waals surface area contributed by atoms with Crippen molar-refractivity contribution in [1.29, 1.82) is 0 Å². The van der Waals surface area contributed by atoms with Crippen molar-refractivity contribution in [3.63, 3.8) is 0 Å². The van der Waals surface area contributed by atoms with Gasteiger partial charge in [0.1, 0.15) is 0 Å². The molecule has 1 aliphatic rings. The Kier molecular flexibility index (Phi) is 2.72. The van der Waals surface area contributed by atoms with Crippen molar-refractivity contribution in [2.45, 2.75) is 32.4 Å². The van der Waals surface area contributed by atoms with Crippen LogP contribution in [0.3, 0.4) is 0 Å². The summed E-state index contributed by atoms with van der Waals surface area (Å²) in [6.45, 7) is 6.83.